The zero-order valence-electron chi connectivity index (χ0n) is 11.0. The second-order valence-electron chi connectivity index (χ2n) is 4.84. The van der Waals surface area contributed by atoms with Crippen LogP contribution >= 0.6 is 0 Å². The van der Waals surface area contributed by atoms with Gasteiger partial charge in [-0.05, 0) is 17.5 Å². The van der Waals surface area contributed by atoms with Crippen LogP contribution in [0.3, 0.4) is 0 Å². The van der Waals surface area contributed by atoms with E-state index in [2.05, 4.69) is 0 Å². The summed E-state index contributed by atoms with van der Waals surface area (Å²) in [6, 6.07) is 4.47. The standard InChI is InChI=1S/C14H19NO4/c1-10(12-3-2-11(16)9-13(12)17)8-14(18)15-4-6-19-7-5-15/h2-3,9-10,16-17H,4-8H2,1H3. The van der Waals surface area contributed by atoms with Gasteiger partial charge in [-0.25, -0.2) is 0 Å². The van der Waals surface area contributed by atoms with Crippen LogP contribution in [0.15, 0.2) is 18.2 Å². The Morgan fingerprint density at radius 1 is 1.37 bits per heavy atom. The number of carbonyl (C=O) groups excluding carboxylic acids is 1. The molecule has 0 bridgehead atoms. The Morgan fingerprint density at radius 2 is 2.05 bits per heavy atom. The fraction of sp³-hybridized carbons (Fsp3) is 0.500. The number of morpholine rings is 1. The molecular weight excluding hydrogens is 246 g/mol. The maximum atomic E-state index is 12.1. The molecule has 1 aromatic carbocycles. The Labute approximate surface area is 112 Å². The van der Waals surface area contributed by atoms with Gasteiger partial charge in [-0.1, -0.05) is 13.0 Å². The largest absolute Gasteiger partial charge is 0.508 e. The lowest BCUT2D eigenvalue weighted by molar-refractivity contribution is -0.135. The van der Waals surface area contributed by atoms with Crippen molar-refractivity contribution >= 4 is 5.91 Å². The number of hydrogen-bond donors (Lipinski definition) is 2. The zero-order chi connectivity index (χ0) is 13.8. The van der Waals surface area contributed by atoms with Gasteiger partial charge in [-0.3, -0.25) is 4.79 Å². The molecule has 19 heavy (non-hydrogen) atoms. The smallest absolute Gasteiger partial charge is 0.223 e. The molecular formula is C14H19NO4. The number of ether oxygens (including phenoxy) is 1. The van der Waals surface area contributed by atoms with Gasteiger partial charge in [0.1, 0.15) is 11.5 Å². The predicted octanol–water partition coefficient (Wildman–Crippen LogP) is 1.45. The Bertz CT molecular complexity index is 455. The second kappa shape index (κ2) is 5.93. The van der Waals surface area contributed by atoms with E-state index in [4.69, 9.17) is 4.74 Å². The molecule has 5 heteroatoms. The van der Waals surface area contributed by atoms with Crippen molar-refractivity contribution < 1.29 is 19.7 Å². The lowest BCUT2D eigenvalue weighted by Crippen LogP contribution is -2.41. The van der Waals surface area contributed by atoms with Crippen LogP contribution in [0.5, 0.6) is 11.5 Å². The molecule has 1 fully saturated rings. The monoisotopic (exact) mass is 265 g/mol. The minimum atomic E-state index is -0.0871. The number of benzene rings is 1. The lowest BCUT2D eigenvalue weighted by atomic mass is 9.96. The molecule has 0 aromatic heterocycles. The average molecular weight is 265 g/mol. The molecule has 1 heterocycles. The third-order valence-electron chi connectivity index (χ3n) is 3.39. The van der Waals surface area contributed by atoms with Gasteiger partial charge in [0, 0.05) is 25.6 Å². The third kappa shape index (κ3) is 3.38. The molecule has 1 aromatic rings. The van der Waals surface area contributed by atoms with Crippen molar-refractivity contribution in [2.45, 2.75) is 19.3 Å². The van der Waals surface area contributed by atoms with E-state index in [1.807, 2.05) is 6.92 Å². The van der Waals surface area contributed by atoms with Crippen molar-refractivity contribution in [3.63, 3.8) is 0 Å². The van der Waals surface area contributed by atoms with E-state index in [9.17, 15) is 15.0 Å². The van der Waals surface area contributed by atoms with Crippen molar-refractivity contribution in [2.24, 2.45) is 0 Å². The summed E-state index contributed by atoms with van der Waals surface area (Å²) >= 11 is 0. The van der Waals surface area contributed by atoms with Gasteiger partial charge in [0.05, 0.1) is 13.2 Å². The second-order valence-corrected chi connectivity index (χ2v) is 4.84. The predicted molar refractivity (Wildman–Crippen MR) is 70.2 cm³/mol. The van der Waals surface area contributed by atoms with E-state index in [0.717, 1.165) is 0 Å². The van der Waals surface area contributed by atoms with Gasteiger partial charge in [0.15, 0.2) is 0 Å². The van der Waals surface area contributed by atoms with E-state index in [1.54, 1.807) is 11.0 Å². The summed E-state index contributed by atoms with van der Waals surface area (Å²) < 4.78 is 5.21. The third-order valence-corrected chi connectivity index (χ3v) is 3.39. The highest BCUT2D eigenvalue weighted by Crippen LogP contribution is 2.31. The summed E-state index contributed by atoms with van der Waals surface area (Å²) in [6.45, 7) is 4.33. The van der Waals surface area contributed by atoms with E-state index in [0.29, 0.717) is 38.3 Å². The molecule has 0 aliphatic carbocycles. The first-order valence-electron chi connectivity index (χ1n) is 6.45. The van der Waals surface area contributed by atoms with Crippen molar-refractivity contribution in [1.29, 1.82) is 0 Å². The minimum absolute atomic E-state index is 0.0213. The van der Waals surface area contributed by atoms with E-state index < -0.39 is 0 Å². The molecule has 1 aliphatic rings. The van der Waals surface area contributed by atoms with Gasteiger partial charge in [-0.15, -0.1) is 0 Å². The fourth-order valence-corrected chi connectivity index (χ4v) is 2.26. The Kier molecular flexibility index (Phi) is 4.27. The first-order chi connectivity index (χ1) is 9.08. The van der Waals surface area contributed by atoms with Crippen LogP contribution in [0.4, 0.5) is 0 Å². The molecule has 0 saturated carbocycles. The van der Waals surface area contributed by atoms with Crippen molar-refractivity contribution in [2.75, 3.05) is 26.3 Å². The molecule has 1 aliphatic heterocycles. The number of nitrogens with zero attached hydrogens (tertiary/aromatic N) is 1. The average Bonchev–Trinajstić information content (AvgIpc) is 2.39. The summed E-state index contributed by atoms with van der Waals surface area (Å²) in [6.07, 6.45) is 0.346. The van der Waals surface area contributed by atoms with Gasteiger partial charge in [-0.2, -0.15) is 0 Å². The van der Waals surface area contributed by atoms with Gasteiger partial charge < -0.3 is 19.8 Å². The highest BCUT2D eigenvalue weighted by molar-refractivity contribution is 5.77. The van der Waals surface area contributed by atoms with Crippen LogP contribution in [0, 0.1) is 0 Å². The quantitative estimate of drug-likeness (QED) is 0.868. The lowest BCUT2D eigenvalue weighted by Gasteiger charge is -2.28. The summed E-state index contributed by atoms with van der Waals surface area (Å²) in [5, 5.41) is 19.0. The number of aromatic hydroxyl groups is 2. The summed E-state index contributed by atoms with van der Waals surface area (Å²) in [5.74, 6) is 0.0365. The van der Waals surface area contributed by atoms with Crippen molar-refractivity contribution in [1.82, 2.24) is 4.90 Å². The summed E-state index contributed by atoms with van der Waals surface area (Å²) in [7, 11) is 0. The van der Waals surface area contributed by atoms with E-state index in [-0.39, 0.29) is 23.3 Å². The first-order valence-corrected chi connectivity index (χ1v) is 6.45. The number of carbonyl (C=O) groups is 1. The molecule has 2 rings (SSSR count). The maximum Gasteiger partial charge on any atom is 0.223 e. The minimum Gasteiger partial charge on any atom is -0.508 e. The Balaban J connectivity index is 1.99. The molecule has 104 valence electrons. The molecule has 2 N–H and O–H groups in total. The highest BCUT2D eigenvalue weighted by Gasteiger charge is 2.21. The normalized spacial score (nSPS) is 17.2. The molecule has 0 radical (unpaired) electrons. The Hall–Kier alpha value is -1.75. The number of phenols is 2. The highest BCUT2D eigenvalue weighted by atomic mass is 16.5. The van der Waals surface area contributed by atoms with E-state index >= 15 is 0 Å². The van der Waals surface area contributed by atoms with Crippen LogP contribution in [-0.2, 0) is 9.53 Å². The first kappa shape index (κ1) is 13.7. The van der Waals surface area contributed by atoms with Crippen LogP contribution in [0.1, 0.15) is 24.8 Å². The SMILES string of the molecule is CC(CC(=O)N1CCOCC1)c1ccc(O)cc1O. The van der Waals surface area contributed by atoms with E-state index in [1.165, 1.54) is 12.1 Å². The molecule has 0 spiro atoms. The molecule has 5 nitrogen and oxygen atoms in total. The summed E-state index contributed by atoms with van der Waals surface area (Å²) in [4.78, 5) is 13.9. The van der Waals surface area contributed by atoms with Crippen molar-refractivity contribution in [3.05, 3.63) is 23.8 Å². The summed E-state index contributed by atoms with van der Waals surface area (Å²) in [5.41, 5.74) is 0.680. The van der Waals surface area contributed by atoms with Crippen LogP contribution in [-0.4, -0.2) is 47.3 Å². The van der Waals surface area contributed by atoms with Crippen LogP contribution in [0.25, 0.3) is 0 Å². The molecule has 1 atom stereocenters. The van der Waals surface area contributed by atoms with Gasteiger partial charge in [0.2, 0.25) is 5.91 Å². The van der Waals surface area contributed by atoms with Crippen LogP contribution < -0.4 is 0 Å². The van der Waals surface area contributed by atoms with Crippen LogP contribution in [0.2, 0.25) is 0 Å². The molecule has 1 amide bonds. The topological polar surface area (TPSA) is 70.0 Å². The number of amides is 1. The maximum absolute atomic E-state index is 12.1. The molecule has 1 unspecified atom stereocenters. The Morgan fingerprint density at radius 3 is 2.68 bits per heavy atom. The number of rotatable bonds is 3. The molecule has 1 saturated heterocycles. The number of phenolic OH excluding ortho intramolecular Hbond substituents is 2. The fourth-order valence-electron chi connectivity index (χ4n) is 2.26. The van der Waals surface area contributed by atoms with Crippen molar-refractivity contribution in [3.8, 4) is 11.5 Å². The zero-order valence-corrected chi connectivity index (χ0v) is 11.0. The van der Waals surface area contributed by atoms with Gasteiger partial charge >= 0.3 is 0 Å². The van der Waals surface area contributed by atoms with Gasteiger partial charge in [0.25, 0.3) is 0 Å². The number of hydrogen-bond acceptors (Lipinski definition) is 4.